The van der Waals surface area contributed by atoms with E-state index in [2.05, 4.69) is 4.90 Å². The molecule has 3 saturated heterocycles. The number of ether oxygens (including phenoxy) is 1. The highest BCUT2D eigenvalue weighted by Crippen LogP contribution is 2.40. The van der Waals surface area contributed by atoms with Gasteiger partial charge in [0.15, 0.2) is 0 Å². The molecule has 0 saturated carbocycles. The van der Waals surface area contributed by atoms with E-state index in [1.165, 1.54) is 13.7 Å². The van der Waals surface area contributed by atoms with Crippen molar-refractivity contribution in [1.29, 1.82) is 0 Å². The molecular formula is C10H15NO6. The fourth-order valence-electron chi connectivity index (χ4n) is 2.21. The fourth-order valence-corrected chi connectivity index (χ4v) is 2.21. The Hall–Kier alpha value is -1.63. The second-order valence-corrected chi connectivity index (χ2v) is 4.20. The number of piperidine rings is 2. The second-order valence-electron chi connectivity index (χ2n) is 4.20. The van der Waals surface area contributed by atoms with Crippen molar-refractivity contribution in [2.45, 2.75) is 12.8 Å². The summed E-state index contributed by atoms with van der Waals surface area (Å²) >= 11 is 0. The molecule has 0 aromatic rings. The van der Waals surface area contributed by atoms with Gasteiger partial charge in [0, 0.05) is 13.1 Å². The Bertz CT molecular complexity index is 316. The van der Waals surface area contributed by atoms with Gasteiger partial charge in [-0.15, -0.1) is 0 Å². The molecule has 3 rings (SSSR count). The van der Waals surface area contributed by atoms with Crippen LogP contribution in [0.25, 0.3) is 0 Å². The number of carboxylic acid groups (broad SMARTS) is 2. The van der Waals surface area contributed by atoms with Crippen molar-refractivity contribution in [2.24, 2.45) is 5.41 Å². The zero-order valence-electron chi connectivity index (χ0n) is 9.51. The van der Waals surface area contributed by atoms with Gasteiger partial charge in [-0.05, 0) is 19.4 Å². The second kappa shape index (κ2) is 5.13. The number of hydrogen-bond donors (Lipinski definition) is 2. The van der Waals surface area contributed by atoms with E-state index < -0.39 is 11.9 Å². The standard InChI is InChI=1S/C8H13NO2.C2H2O4/c1-11-7(10)8-3-2-4-9(5-8)6-8;3-1(4)2(5)6/h2-6H2,1H3;(H,3,4)(H,5,6). The summed E-state index contributed by atoms with van der Waals surface area (Å²) in [5.74, 6) is -3.65. The van der Waals surface area contributed by atoms with E-state index in [4.69, 9.17) is 24.5 Å². The van der Waals surface area contributed by atoms with Gasteiger partial charge in [0.05, 0.1) is 12.5 Å². The van der Waals surface area contributed by atoms with Crippen molar-refractivity contribution >= 4 is 17.9 Å². The highest BCUT2D eigenvalue weighted by molar-refractivity contribution is 6.27. The molecule has 0 radical (unpaired) electrons. The predicted octanol–water partition coefficient (Wildman–Crippen LogP) is -0.589. The Morgan fingerprint density at radius 1 is 1.18 bits per heavy atom. The minimum absolute atomic E-state index is 0.00606. The average molecular weight is 245 g/mol. The number of carbonyl (C=O) groups is 3. The van der Waals surface area contributed by atoms with Crippen LogP contribution in [0.1, 0.15) is 12.8 Å². The van der Waals surface area contributed by atoms with Crippen molar-refractivity contribution in [1.82, 2.24) is 4.90 Å². The number of carbonyl (C=O) groups excluding carboxylic acids is 1. The summed E-state index contributed by atoms with van der Waals surface area (Å²) in [5.41, 5.74) is -0.104. The maximum atomic E-state index is 11.3. The predicted molar refractivity (Wildman–Crippen MR) is 55.4 cm³/mol. The maximum Gasteiger partial charge on any atom is 0.414 e. The molecule has 0 unspecified atom stereocenters. The van der Waals surface area contributed by atoms with Crippen LogP contribution in [0, 0.1) is 5.41 Å². The number of nitrogens with zero attached hydrogens (tertiary/aromatic N) is 1. The minimum atomic E-state index is -1.82. The summed E-state index contributed by atoms with van der Waals surface area (Å²) in [7, 11) is 1.48. The van der Waals surface area contributed by atoms with Crippen LogP contribution < -0.4 is 0 Å². The summed E-state index contributed by atoms with van der Waals surface area (Å²) in [6, 6.07) is 0. The lowest BCUT2D eigenvalue weighted by atomic mass is 9.72. The SMILES string of the molecule is COC(=O)C12CCCN(C1)C2.O=C(O)C(=O)O. The zero-order valence-corrected chi connectivity index (χ0v) is 9.51. The lowest BCUT2D eigenvalue weighted by molar-refractivity contribution is -0.170. The molecule has 96 valence electrons. The monoisotopic (exact) mass is 245 g/mol. The zero-order chi connectivity index (χ0) is 13.1. The molecule has 3 aliphatic rings. The quantitative estimate of drug-likeness (QED) is 0.470. The molecule has 3 heterocycles. The first kappa shape index (κ1) is 13.4. The van der Waals surface area contributed by atoms with Crippen LogP contribution in [-0.2, 0) is 19.1 Å². The van der Waals surface area contributed by atoms with E-state index in [1.54, 1.807) is 0 Å². The molecule has 0 aromatic carbocycles. The van der Waals surface area contributed by atoms with Gasteiger partial charge in [-0.3, -0.25) is 4.79 Å². The Labute approximate surface area is 98.0 Å². The highest BCUT2D eigenvalue weighted by Gasteiger charge is 2.52. The third kappa shape index (κ3) is 2.94. The van der Waals surface area contributed by atoms with E-state index in [0.717, 1.165) is 25.9 Å². The third-order valence-electron chi connectivity index (χ3n) is 2.98. The Morgan fingerprint density at radius 3 is 2.00 bits per heavy atom. The van der Waals surface area contributed by atoms with Crippen LogP contribution in [-0.4, -0.2) is 59.8 Å². The molecule has 17 heavy (non-hydrogen) atoms. The molecule has 0 aromatic heterocycles. The van der Waals surface area contributed by atoms with Crippen molar-refractivity contribution in [2.75, 3.05) is 26.7 Å². The van der Waals surface area contributed by atoms with Gasteiger partial charge < -0.3 is 19.8 Å². The summed E-state index contributed by atoms with van der Waals surface area (Å²) in [6.45, 7) is 3.03. The van der Waals surface area contributed by atoms with Crippen molar-refractivity contribution in [3.05, 3.63) is 0 Å². The molecule has 0 aliphatic carbocycles. The molecule has 7 nitrogen and oxygen atoms in total. The molecule has 2 N–H and O–H groups in total. The van der Waals surface area contributed by atoms with Gasteiger partial charge in [-0.25, -0.2) is 9.59 Å². The summed E-state index contributed by atoms with van der Waals surface area (Å²) in [4.78, 5) is 31.8. The molecular weight excluding hydrogens is 230 g/mol. The van der Waals surface area contributed by atoms with Crippen LogP contribution in [0.2, 0.25) is 0 Å². The van der Waals surface area contributed by atoms with Gasteiger partial charge in [0.1, 0.15) is 0 Å². The Morgan fingerprint density at radius 2 is 1.71 bits per heavy atom. The number of hydrogen-bond acceptors (Lipinski definition) is 5. The highest BCUT2D eigenvalue weighted by atomic mass is 16.5. The Balaban J connectivity index is 0.000000209. The first-order chi connectivity index (χ1) is 7.91. The smallest absolute Gasteiger partial charge is 0.414 e. The third-order valence-corrected chi connectivity index (χ3v) is 2.98. The lowest BCUT2D eigenvalue weighted by Gasteiger charge is -2.52. The van der Waals surface area contributed by atoms with E-state index in [-0.39, 0.29) is 11.4 Å². The van der Waals surface area contributed by atoms with Gasteiger partial charge in [-0.2, -0.15) is 0 Å². The lowest BCUT2D eigenvalue weighted by Crippen LogP contribution is -2.64. The largest absolute Gasteiger partial charge is 0.473 e. The van der Waals surface area contributed by atoms with Crippen molar-refractivity contribution in [3.63, 3.8) is 0 Å². The molecule has 0 spiro atoms. The van der Waals surface area contributed by atoms with Crippen LogP contribution in [0.4, 0.5) is 0 Å². The number of rotatable bonds is 1. The molecule has 2 bridgehead atoms. The molecule has 3 fully saturated rings. The van der Waals surface area contributed by atoms with E-state index in [1.807, 2.05) is 0 Å². The number of methoxy groups -OCH3 is 1. The first-order valence-corrected chi connectivity index (χ1v) is 5.18. The van der Waals surface area contributed by atoms with Crippen LogP contribution in [0.3, 0.4) is 0 Å². The molecule has 3 aliphatic heterocycles. The Kier molecular flexibility index (Phi) is 4.06. The summed E-state index contributed by atoms with van der Waals surface area (Å²) in [5, 5.41) is 14.8. The summed E-state index contributed by atoms with van der Waals surface area (Å²) < 4.78 is 4.76. The van der Waals surface area contributed by atoms with Crippen molar-refractivity contribution in [3.8, 4) is 0 Å². The molecule has 0 amide bonds. The normalized spacial score (nSPS) is 29.1. The molecule has 0 atom stereocenters. The number of carboxylic acids is 2. The van der Waals surface area contributed by atoms with Gasteiger partial charge in [0.2, 0.25) is 0 Å². The summed E-state index contributed by atoms with van der Waals surface area (Å²) in [6.07, 6.45) is 2.17. The van der Waals surface area contributed by atoms with Crippen LogP contribution in [0.5, 0.6) is 0 Å². The minimum Gasteiger partial charge on any atom is -0.473 e. The molecule has 7 heteroatoms. The van der Waals surface area contributed by atoms with Crippen LogP contribution >= 0.6 is 0 Å². The number of fused-ring (bicyclic) bond motifs is 2. The van der Waals surface area contributed by atoms with Gasteiger partial charge in [-0.1, -0.05) is 0 Å². The van der Waals surface area contributed by atoms with Crippen molar-refractivity contribution < 1.29 is 29.3 Å². The average Bonchev–Trinajstić information content (AvgIpc) is 2.28. The maximum absolute atomic E-state index is 11.3. The van der Waals surface area contributed by atoms with E-state index in [9.17, 15) is 4.79 Å². The van der Waals surface area contributed by atoms with Crippen LogP contribution in [0.15, 0.2) is 0 Å². The van der Waals surface area contributed by atoms with Gasteiger partial charge >= 0.3 is 17.9 Å². The van der Waals surface area contributed by atoms with E-state index in [0.29, 0.717) is 0 Å². The first-order valence-electron chi connectivity index (χ1n) is 5.18. The fraction of sp³-hybridized carbons (Fsp3) is 0.700. The van der Waals surface area contributed by atoms with Gasteiger partial charge in [0.25, 0.3) is 0 Å². The van der Waals surface area contributed by atoms with E-state index >= 15 is 0 Å². The topological polar surface area (TPSA) is 104 Å². The number of esters is 1. The number of aliphatic carboxylic acids is 2.